The van der Waals surface area contributed by atoms with Gasteiger partial charge in [-0.25, -0.2) is 9.59 Å². The maximum atomic E-state index is 11.4. The second kappa shape index (κ2) is 3.69. The molecular weight excluding hydrogens is 200 g/mol. The fraction of sp³-hybridized carbons (Fsp3) is 0.778. The van der Waals surface area contributed by atoms with E-state index < -0.39 is 18.2 Å². The first-order valence-corrected chi connectivity index (χ1v) is 4.96. The van der Waals surface area contributed by atoms with Crippen molar-refractivity contribution in [2.75, 3.05) is 26.7 Å². The minimum absolute atomic E-state index is 0.104. The Balaban J connectivity index is 1.99. The third-order valence-electron chi connectivity index (χ3n) is 2.92. The molecule has 2 fully saturated rings. The largest absolute Gasteiger partial charge is 0.478 e. The van der Waals surface area contributed by atoms with Gasteiger partial charge in [-0.3, -0.25) is 4.90 Å². The van der Waals surface area contributed by atoms with Crippen molar-refractivity contribution in [2.24, 2.45) is 0 Å². The first-order valence-electron chi connectivity index (χ1n) is 4.96. The highest BCUT2D eigenvalue weighted by atomic mass is 16.6. The van der Waals surface area contributed by atoms with Gasteiger partial charge in [0.05, 0.1) is 6.54 Å². The molecule has 0 aliphatic carbocycles. The summed E-state index contributed by atoms with van der Waals surface area (Å²) in [5.41, 5.74) is 0. The number of aliphatic carboxylic acids is 1. The third kappa shape index (κ3) is 1.90. The Labute approximate surface area is 87.4 Å². The molecule has 0 spiro atoms. The minimum Gasteiger partial charge on any atom is -0.478 e. The number of carboxylic acid groups (broad SMARTS) is 1. The van der Waals surface area contributed by atoms with E-state index in [2.05, 4.69) is 4.90 Å². The summed E-state index contributed by atoms with van der Waals surface area (Å²) >= 11 is 0. The number of likely N-dealkylation sites (N-methyl/N-ethyl adjacent to an activating group) is 1. The van der Waals surface area contributed by atoms with Gasteiger partial charge in [-0.15, -0.1) is 0 Å². The van der Waals surface area contributed by atoms with Crippen molar-refractivity contribution >= 4 is 12.1 Å². The topological polar surface area (TPSA) is 70.1 Å². The average molecular weight is 214 g/mol. The number of carbonyl (C=O) groups excluding carboxylic acids is 1. The molecule has 0 saturated carbocycles. The van der Waals surface area contributed by atoms with Crippen molar-refractivity contribution in [3.05, 3.63) is 0 Å². The lowest BCUT2D eigenvalue weighted by Crippen LogP contribution is -2.38. The number of likely N-dealkylation sites (tertiary alicyclic amines) is 1. The molecule has 0 aromatic rings. The number of rotatable bonds is 2. The molecule has 2 heterocycles. The summed E-state index contributed by atoms with van der Waals surface area (Å²) in [5.74, 6) is -1.07. The van der Waals surface area contributed by atoms with Crippen molar-refractivity contribution in [1.29, 1.82) is 0 Å². The van der Waals surface area contributed by atoms with Crippen LogP contribution in [0.15, 0.2) is 0 Å². The van der Waals surface area contributed by atoms with Crippen LogP contribution in [0.2, 0.25) is 0 Å². The molecule has 2 saturated heterocycles. The Morgan fingerprint density at radius 1 is 1.53 bits per heavy atom. The first-order chi connectivity index (χ1) is 7.08. The maximum absolute atomic E-state index is 11.4. The summed E-state index contributed by atoms with van der Waals surface area (Å²) in [6.07, 6.45) is -0.608. The predicted molar refractivity (Wildman–Crippen MR) is 50.5 cm³/mol. The quantitative estimate of drug-likeness (QED) is 0.677. The first kappa shape index (κ1) is 10.2. The van der Waals surface area contributed by atoms with Crippen LogP contribution in [-0.2, 0) is 9.53 Å². The second-order valence-corrected chi connectivity index (χ2v) is 4.07. The van der Waals surface area contributed by atoms with Crippen molar-refractivity contribution in [1.82, 2.24) is 9.80 Å². The van der Waals surface area contributed by atoms with Crippen LogP contribution in [0.3, 0.4) is 0 Å². The van der Waals surface area contributed by atoms with E-state index in [1.807, 2.05) is 7.05 Å². The van der Waals surface area contributed by atoms with Crippen LogP contribution in [0.5, 0.6) is 0 Å². The van der Waals surface area contributed by atoms with Crippen LogP contribution < -0.4 is 0 Å². The third-order valence-corrected chi connectivity index (χ3v) is 2.92. The van der Waals surface area contributed by atoms with E-state index in [1.165, 1.54) is 4.90 Å². The molecule has 2 rings (SSSR count). The highest BCUT2D eigenvalue weighted by molar-refractivity contribution is 5.81. The normalized spacial score (nSPS) is 32.1. The van der Waals surface area contributed by atoms with E-state index in [9.17, 15) is 9.59 Å². The van der Waals surface area contributed by atoms with Gasteiger partial charge in [0.2, 0.25) is 6.10 Å². The summed E-state index contributed by atoms with van der Waals surface area (Å²) in [4.78, 5) is 25.7. The average Bonchev–Trinajstić information content (AvgIpc) is 2.71. The molecule has 1 N–H and O–H groups in total. The van der Waals surface area contributed by atoms with Crippen molar-refractivity contribution < 1.29 is 19.4 Å². The standard InChI is InChI=1S/C9H14N2O4/c1-10-3-2-6(4-10)11-5-7(8(12)13)15-9(11)14/h6-7H,2-5H2,1H3,(H,12,13)/t6?,7-/m1/s1. The van der Waals surface area contributed by atoms with Crippen molar-refractivity contribution in [2.45, 2.75) is 18.6 Å². The summed E-state index contributed by atoms with van der Waals surface area (Å²) in [7, 11) is 1.98. The van der Waals surface area contributed by atoms with Crippen molar-refractivity contribution in [3.63, 3.8) is 0 Å². The number of nitrogens with zero attached hydrogens (tertiary/aromatic N) is 2. The predicted octanol–water partition coefficient (Wildman–Crippen LogP) is -0.404. The second-order valence-electron chi connectivity index (χ2n) is 4.07. The Morgan fingerprint density at radius 2 is 2.27 bits per heavy atom. The van der Waals surface area contributed by atoms with E-state index in [4.69, 9.17) is 9.84 Å². The van der Waals surface area contributed by atoms with E-state index in [0.29, 0.717) is 0 Å². The lowest BCUT2D eigenvalue weighted by Gasteiger charge is -2.20. The van der Waals surface area contributed by atoms with Gasteiger partial charge < -0.3 is 14.7 Å². The number of hydrogen-bond donors (Lipinski definition) is 1. The Kier molecular flexibility index (Phi) is 2.52. The monoisotopic (exact) mass is 214 g/mol. The zero-order valence-corrected chi connectivity index (χ0v) is 8.55. The highest BCUT2D eigenvalue weighted by Crippen LogP contribution is 2.20. The summed E-state index contributed by atoms with van der Waals surface area (Å²) in [6.45, 7) is 1.90. The fourth-order valence-corrected chi connectivity index (χ4v) is 2.07. The number of carboxylic acids is 1. The number of ether oxygens (including phenoxy) is 1. The molecule has 2 atom stereocenters. The van der Waals surface area contributed by atoms with Gasteiger partial charge in [0.25, 0.3) is 0 Å². The summed E-state index contributed by atoms with van der Waals surface area (Å²) in [5, 5.41) is 8.73. The molecule has 2 aliphatic rings. The number of carbonyl (C=O) groups is 2. The zero-order valence-electron chi connectivity index (χ0n) is 8.55. The molecule has 1 amide bonds. The number of cyclic esters (lactones) is 1. The Morgan fingerprint density at radius 3 is 2.73 bits per heavy atom. The van der Waals surface area contributed by atoms with Gasteiger partial charge in [-0.05, 0) is 20.0 Å². The lowest BCUT2D eigenvalue weighted by molar-refractivity contribution is -0.144. The van der Waals surface area contributed by atoms with Gasteiger partial charge >= 0.3 is 12.1 Å². The molecule has 6 heteroatoms. The van der Waals surface area contributed by atoms with Crippen LogP contribution in [0.25, 0.3) is 0 Å². The van der Waals surface area contributed by atoms with Crippen LogP contribution in [0.4, 0.5) is 4.79 Å². The van der Waals surface area contributed by atoms with Crippen LogP contribution in [0.1, 0.15) is 6.42 Å². The van der Waals surface area contributed by atoms with E-state index in [-0.39, 0.29) is 12.6 Å². The molecule has 0 aromatic carbocycles. The van der Waals surface area contributed by atoms with Crippen LogP contribution >= 0.6 is 0 Å². The molecule has 1 unspecified atom stereocenters. The van der Waals surface area contributed by atoms with Gasteiger partial charge in [-0.2, -0.15) is 0 Å². The van der Waals surface area contributed by atoms with E-state index >= 15 is 0 Å². The Bertz CT molecular complexity index is 294. The van der Waals surface area contributed by atoms with Gasteiger partial charge in [0, 0.05) is 12.6 Å². The maximum Gasteiger partial charge on any atom is 0.411 e. The zero-order chi connectivity index (χ0) is 11.0. The lowest BCUT2D eigenvalue weighted by atomic mass is 10.2. The van der Waals surface area contributed by atoms with E-state index in [1.54, 1.807) is 0 Å². The fourth-order valence-electron chi connectivity index (χ4n) is 2.07. The molecule has 6 nitrogen and oxygen atoms in total. The summed E-state index contributed by atoms with van der Waals surface area (Å²) in [6, 6.07) is 0.104. The smallest absolute Gasteiger partial charge is 0.411 e. The van der Waals surface area contributed by atoms with Gasteiger partial charge in [-0.1, -0.05) is 0 Å². The Hall–Kier alpha value is -1.30. The highest BCUT2D eigenvalue weighted by Gasteiger charge is 2.41. The van der Waals surface area contributed by atoms with Crippen molar-refractivity contribution in [3.8, 4) is 0 Å². The minimum atomic E-state index is -1.07. The van der Waals surface area contributed by atoms with Crippen LogP contribution in [0, 0.1) is 0 Å². The molecule has 0 radical (unpaired) electrons. The molecule has 0 bridgehead atoms. The SMILES string of the molecule is CN1CCC(N2C[C@H](C(=O)O)OC2=O)C1. The molecule has 15 heavy (non-hydrogen) atoms. The molecular formula is C9H14N2O4. The van der Waals surface area contributed by atoms with Gasteiger partial charge in [0.15, 0.2) is 0 Å². The van der Waals surface area contributed by atoms with Gasteiger partial charge in [0.1, 0.15) is 0 Å². The molecule has 2 aliphatic heterocycles. The number of amides is 1. The molecule has 84 valence electrons. The number of hydrogen-bond acceptors (Lipinski definition) is 4. The molecule has 0 aromatic heterocycles. The van der Waals surface area contributed by atoms with E-state index in [0.717, 1.165) is 19.5 Å². The van der Waals surface area contributed by atoms with Crippen LogP contribution in [-0.4, -0.2) is 65.8 Å². The summed E-state index contributed by atoms with van der Waals surface area (Å²) < 4.78 is 4.75.